The van der Waals surface area contributed by atoms with E-state index in [0.29, 0.717) is 5.69 Å². The Morgan fingerprint density at radius 2 is 2.14 bits per heavy atom. The van der Waals surface area contributed by atoms with Crippen LogP contribution in [-0.4, -0.2) is 72.0 Å². The zero-order valence-corrected chi connectivity index (χ0v) is 12.8. The van der Waals surface area contributed by atoms with Gasteiger partial charge in [-0.1, -0.05) is 6.07 Å². The predicted octanol–water partition coefficient (Wildman–Crippen LogP) is -1.48. The van der Waals surface area contributed by atoms with Crippen LogP contribution in [-0.2, 0) is 0 Å². The monoisotopic (exact) mass is 305 g/mol. The number of anilines is 2. The Bertz CT molecular complexity index is 605. The Kier molecular flexibility index (Phi) is 4.77. The van der Waals surface area contributed by atoms with Gasteiger partial charge in [-0.3, -0.25) is 4.90 Å². The highest BCUT2D eigenvalue weighted by atomic mass is 16.3. The van der Waals surface area contributed by atoms with E-state index in [0.717, 1.165) is 57.1 Å². The fraction of sp³-hybridized carbons (Fsp3) is 0.533. The van der Waals surface area contributed by atoms with E-state index in [2.05, 4.69) is 15.3 Å². The van der Waals surface area contributed by atoms with Crippen molar-refractivity contribution in [2.75, 3.05) is 63.5 Å². The summed E-state index contributed by atoms with van der Waals surface area (Å²) in [7, 11) is 0. The van der Waals surface area contributed by atoms with Crippen LogP contribution in [0.1, 0.15) is 0 Å². The first-order valence-electron chi connectivity index (χ1n) is 7.91. The van der Waals surface area contributed by atoms with E-state index in [1.807, 2.05) is 24.4 Å². The second kappa shape index (κ2) is 6.95. The molecule has 0 bridgehead atoms. The zero-order chi connectivity index (χ0) is 15.4. The van der Waals surface area contributed by atoms with E-state index in [9.17, 15) is 0 Å². The summed E-state index contributed by atoms with van der Waals surface area (Å²) in [5.74, 6) is 0.760. The molecular weight excluding hydrogens is 280 g/mol. The summed E-state index contributed by atoms with van der Waals surface area (Å²) >= 11 is 0. The minimum absolute atomic E-state index is 0.282. The molecule has 1 saturated heterocycles. The van der Waals surface area contributed by atoms with Crippen molar-refractivity contribution in [3.63, 3.8) is 0 Å². The van der Waals surface area contributed by atoms with Gasteiger partial charge >= 0.3 is 0 Å². The van der Waals surface area contributed by atoms with Gasteiger partial charge in [0.1, 0.15) is 12.2 Å². The van der Waals surface area contributed by atoms with Gasteiger partial charge in [0, 0.05) is 32.4 Å². The quantitative estimate of drug-likeness (QED) is 0.523. The summed E-state index contributed by atoms with van der Waals surface area (Å²) in [5.41, 5.74) is 7.77. The molecule has 1 aliphatic heterocycles. The number of quaternary nitrogens is 1. The molecule has 1 aliphatic rings. The number of hydrogen-bond donors (Lipinski definition) is 4. The summed E-state index contributed by atoms with van der Waals surface area (Å²) in [6, 6.07) is 5.87. The van der Waals surface area contributed by atoms with Gasteiger partial charge in [-0.25, -0.2) is 4.52 Å². The number of hydrogen-bond acceptors (Lipinski definition) is 5. The van der Waals surface area contributed by atoms with Gasteiger partial charge in [-0.15, -0.1) is 5.10 Å². The van der Waals surface area contributed by atoms with Crippen molar-refractivity contribution in [3.8, 4) is 0 Å². The van der Waals surface area contributed by atoms with E-state index < -0.39 is 0 Å². The Morgan fingerprint density at radius 1 is 1.32 bits per heavy atom. The molecule has 0 unspecified atom stereocenters. The lowest BCUT2D eigenvalue weighted by Gasteiger charge is -2.31. The van der Waals surface area contributed by atoms with Crippen LogP contribution in [0.25, 0.3) is 5.52 Å². The first-order valence-corrected chi connectivity index (χ1v) is 7.91. The fourth-order valence-corrected chi connectivity index (χ4v) is 2.98. The molecule has 0 spiro atoms. The largest absolute Gasteiger partial charge is 0.394 e. The maximum absolute atomic E-state index is 8.97. The number of nitrogens with two attached hydrogens (primary N) is 1. The lowest BCUT2D eigenvalue weighted by atomic mass is 10.3. The van der Waals surface area contributed by atoms with Crippen molar-refractivity contribution in [2.45, 2.75) is 0 Å². The number of nitrogens with one attached hydrogen (secondary N) is 2. The first kappa shape index (κ1) is 15.1. The second-order valence-corrected chi connectivity index (χ2v) is 5.78. The third-order valence-electron chi connectivity index (χ3n) is 4.33. The van der Waals surface area contributed by atoms with Crippen LogP contribution in [0, 0.1) is 0 Å². The number of piperazine rings is 1. The third kappa shape index (κ3) is 3.32. The Balaban J connectivity index is 1.48. The first-order chi connectivity index (χ1) is 10.8. The molecule has 7 nitrogen and oxygen atoms in total. The fourth-order valence-electron chi connectivity index (χ4n) is 2.98. The summed E-state index contributed by atoms with van der Waals surface area (Å²) in [6.07, 6.45) is 1.90. The molecule has 22 heavy (non-hydrogen) atoms. The van der Waals surface area contributed by atoms with Crippen LogP contribution in [0.4, 0.5) is 11.5 Å². The highest BCUT2D eigenvalue weighted by molar-refractivity contribution is 5.80. The number of aromatic nitrogens is 2. The molecule has 7 heteroatoms. The van der Waals surface area contributed by atoms with E-state index >= 15 is 0 Å². The standard InChI is InChI=1S/C15H24N6O/c16-14-13-3-1-2-5-21(13)18-15(14)17-4-6-19-7-9-20(10-8-19)11-12-22/h1-3,5,22H,4,6-12,16H2,(H,17,18)/p+1. The van der Waals surface area contributed by atoms with Crippen LogP contribution < -0.4 is 16.0 Å². The molecule has 0 atom stereocenters. The number of fused-ring (bicyclic) bond motifs is 1. The molecule has 0 amide bonds. The third-order valence-corrected chi connectivity index (χ3v) is 4.33. The number of pyridine rings is 1. The highest BCUT2D eigenvalue weighted by Gasteiger charge is 2.18. The lowest BCUT2D eigenvalue weighted by molar-refractivity contribution is -0.904. The molecule has 3 heterocycles. The maximum atomic E-state index is 8.97. The number of nitrogens with zero attached hydrogens (tertiary/aromatic N) is 3. The molecule has 0 saturated carbocycles. The van der Waals surface area contributed by atoms with Gasteiger partial charge in [0.05, 0.1) is 25.2 Å². The molecule has 0 aromatic carbocycles. The van der Waals surface area contributed by atoms with Crippen molar-refractivity contribution in [1.82, 2.24) is 14.5 Å². The van der Waals surface area contributed by atoms with Crippen LogP contribution in [0.3, 0.4) is 0 Å². The zero-order valence-electron chi connectivity index (χ0n) is 12.8. The van der Waals surface area contributed by atoms with Crippen LogP contribution >= 0.6 is 0 Å². The van der Waals surface area contributed by atoms with E-state index in [-0.39, 0.29) is 6.61 Å². The van der Waals surface area contributed by atoms with E-state index in [1.54, 1.807) is 4.52 Å². The van der Waals surface area contributed by atoms with Crippen molar-refractivity contribution >= 4 is 17.0 Å². The van der Waals surface area contributed by atoms with Crippen molar-refractivity contribution in [2.24, 2.45) is 0 Å². The average molecular weight is 305 g/mol. The smallest absolute Gasteiger partial charge is 0.172 e. The Hall–Kier alpha value is -1.83. The molecule has 3 rings (SSSR count). The van der Waals surface area contributed by atoms with Gasteiger partial charge in [0.15, 0.2) is 5.82 Å². The second-order valence-electron chi connectivity index (χ2n) is 5.78. The normalized spacial score (nSPS) is 17.1. The van der Waals surface area contributed by atoms with E-state index in [1.165, 1.54) is 4.90 Å². The van der Waals surface area contributed by atoms with Crippen molar-refractivity contribution < 1.29 is 10.0 Å². The molecule has 0 aliphatic carbocycles. The van der Waals surface area contributed by atoms with Gasteiger partial charge in [0.25, 0.3) is 0 Å². The SMILES string of the molecule is Nc1c(NCCN2CC[NH+](CCO)CC2)nn2ccccc12. The van der Waals surface area contributed by atoms with Crippen LogP contribution in [0.15, 0.2) is 24.4 Å². The minimum Gasteiger partial charge on any atom is -0.394 e. The van der Waals surface area contributed by atoms with Crippen LogP contribution in [0.5, 0.6) is 0 Å². The molecule has 5 N–H and O–H groups in total. The van der Waals surface area contributed by atoms with Gasteiger partial charge in [-0.05, 0) is 12.1 Å². The Labute approximate surface area is 130 Å². The topological polar surface area (TPSA) is 83.3 Å². The summed E-state index contributed by atoms with van der Waals surface area (Å²) < 4.78 is 1.80. The summed E-state index contributed by atoms with van der Waals surface area (Å²) in [4.78, 5) is 3.94. The van der Waals surface area contributed by atoms with Gasteiger partial charge in [0.2, 0.25) is 0 Å². The maximum Gasteiger partial charge on any atom is 0.172 e. The number of nitrogen functional groups attached to an aromatic ring is 1. The average Bonchev–Trinajstić information content (AvgIpc) is 2.86. The molecule has 2 aromatic heterocycles. The van der Waals surface area contributed by atoms with Crippen LogP contribution in [0.2, 0.25) is 0 Å². The Morgan fingerprint density at radius 3 is 2.86 bits per heavy atom. The summed E-state index contributed by atoms with van der Waals surface area (Å²) in [5, 5.41) is 16.8. The van der Waals surface area contributed by atoms with Crippen molar-refractivity contribution in [3.05, 3.63) is 24.4 Å². The lowest BCUT2D eigenvalue weighted by Crippen LogP contribution is -3.15. The number of aliphatic hydroxyl groups is 1. The molecule has 1 fully saturated rings. The predicted molar refractivity (Wildman–Crippen MR) is 87.2 cm³/mol. The molecule has 2 aromatic rings. The molecule has 120 valence electrons. The minimum atomic E-state index is 0.282. The summed E-state index contributed by atoms with van der Waals surface area (Å²) in [6.45, 7) is 7.35. The highest BCUT2D eigenvalue weighted by Crippen LogP contribution is 2.22. The van der Waals surface area contributed by atoms with Crippen molar-refractivity contribution in [1.29, 1.82) is 0 Å². The van der Waals surface area contributed by atoms with Gasteiger partial charge < -0.3 is 21.1 Å². The number of rotatable bonds is 6. The van der Waals surface area contributed by atoms with Gasteiger partial charge in [-0.2, -0.15) is 0 Å². The molecule has 0 radical (unpaired) electrons. The molecular formula is C15H25N6O+. The van der Waals surface area contributed by atoms with E-state index in [4.69, 9.17) is 10.8 Å². The number of aliphatic hydroxyl groups excluding tert-OH is 1.